The molecule has 0 bridgehead atoms. The number of amides is 1. The normalized spacial score (nSPS) is 10.4. The van der Waals surface area contributed by atoms with Crippen molar-refractivity contribution in [3.8, 4) is 0 Å². The SMILES string of the molecule is Cc1ccc(C(=O)Nc2ccc(SCC(=O)c3ccc(Br)cc3)cc2)cc1. The molecule has 3 aromatic carbocycles. The summed E-state index contributed by atoms with van der Waals surface area (Å²) >= 11 is 4.84. The predicted molar refractivity (Wildman–Crippen MR) is 115 cm³/mol. The van der Waals surface area contributed by atoms with E-state index >= 15 is 0 Å². The number of Topliss-reactive ketones (excluding diaryl/α,β-unsaturated/α-hetero) is 1. The highest BCUT2D eigenvalue weighted by Gasteiger charge is 2.08. The minimum absolute atomic E-state index is 0.0873. The molecule has 136 valence electrons. The Labute approximate surface area is 171 Å². The lowest BCUT2D eigenvalue weighted by atomic mass is 10.1. The second kappa shape index (κ2) is 9.02. The first-order chi connectivity index (χ1) is 13.0. The summed E-state index contributed by atoms with van der Waals surface area (Å²) in [5.74, 6) is 0.321. The number of anilines is 1. The number of thioether (sulfide) groups is 1. The molecule has 0 spiro atoms. The summed E-state index contributed by atoms with van der Waals surface area (Å²) in [5, 5.41) is 2.88. The summed E-state index contributed by atoms with van der Waals surface area (Å²) < 4.78 is 0.954. The average Bonchev–Trinajstić information content (AvgIpc) is 2.68. The van der Waals surface area contributed by atoms with Crippen LogP contribution in [0.15, 0.2) is 82.2 Å². The number of aryl methyl sites for hydroxylation is 1. The molecule has 0 radical (unpaired) electrons. The molecule has 0 heterocycles. The van der Waals surface area contributed by atoms with Gasteiger partial charge in [-0.3, -0.25) is 9.59 Å². The van der Waals surface area contributed by atoms with E-state index in [1.807, 2.05) is 79.7 Å². The van der Waals surface area contributed by atoms with E-state index < -0.39 is 0 Å². The van der Waals surface area contributed by atoms with Crippen LogP contribution in [-0.2, 0) is 0 Å². The lowest BCUT2D eigenvalue weighted by Gasteiger charge is -2.07. The van der Waals surface area contributed by atoms with Gasteiger partial charge in [0, 0.05) is 26.2 Å². The van der Waals surface area contributed by atoms with Crippen molar-refractivity contribution in [2.75, 3.05) is 11.1 Å². The smallest absolute Gasteiger partial charge is 0.255 e. The van der Waals surface area contributed by atoms with E-state index in [0.29, 0.717) is 16.9 Å². The Morgan fingerprint density at radius 3 is 2.07 bits per heavy atom. The third-order valence-corrected chi connectivity index (χ3v) is 5.50. The molecular formula is C22H18BrNO2S. The molecule has 3 aromatic rings. The van der Waals surface area contributed by atoms with Gasteiger partial charge >= 0.3 is 0 Å². The van der Waals surface area contributed by atoms with Crippen LogP contribution in [-0.4, -0.2) is 17.4 Å². The number of carbonyl (C=O) groups is 2. The maximum Gasteiger partial charge on any atom is 0.255 e. The molecule has 3 rings (SSSR count). The average molecular weight is 440 g/mol. The van der Waals surface area contributed by atoms with Gasteiger partial charge in [-0.25, -0.2) is 0 Å². The van der Waals surface area contributed by atoms with Crippen molar-refractivity contribution in [2.45, 2.75) is 11.8 Å². The number of halogens is 1. The number of ketones is 1. The fourth-order valence-corrected chi connectivity index (χ4v) is 3.47. The molecule has 27 heavy (non-hydrogen) atoms. The van der Waals surface area contributed by atoms with Crippen LogP contribution in [0, 0.1) is 6.92 Å². The third-order valence-electron chi connectivity index (χ3n) is 3.96. The number of hydrogen-bond donors (Lipinski definition) is 1. The monoisotopic (exact) mass is 439 g/mol. The quantitative estimate of drug-likeness (QED) is 0.379. The van der Waals surface area contributed by atoms with Gasteiger partial charge in [-0.15, -0.1) is 11.8 Å². The molecule has 3 nitrogen and oxygen atoms in total. The van der Waals surface area contributed by atoms with Gasteiger partial charge in [0.15, 0.2) is 5.78 Å². The van der Waals surface area contributed by atoms with Crippen molar-refractivity contribution in [2.24, 2.45) is 0 Å². The highest BCUT2D eigenvalue weighted by Crippen LogP contribution is 2.22. The molecular weight excluding hydrogens is 422 g/mol. The maximum atomic E-state index is 12.2. The summed E-state index contributed by atoms with van der Waals surface area (Å²) in [6.45, 7) is 1.99. The van der Waals surface area contributed by atoms with E-state index in [4.69, 9.17) is 0 Å². The molecule has 0 fully saturated rings. The van der Waals surface area contributed by atoms with Crippen molar-refractivity contribution >= 4 is 45.1 Å². The zero-order chi connectivity index (χ0) is 19.2. The van der Waals surface area contributed by atoms with Gasteiger partial charge in [0.2, 0.25) is 0 Å². The van der Waals surface area contributed by atoms with Gasteiger partial charge in [-0.2, -0.15) is 0 Å². The minimum Gasteiger partial charge on any atom is -0.322 e. The second-order valence-corrected chi connectivity index (χ2v) is 8.03. The van der Waals surface area contributed by atoms with E-state index in [-0.39, 0.29) is 11.7 Å². The number of carbonyl (C=O) groups excluding carboxylic acids is 2. The number of nitrogens with one attached hydrogen (secondary N) is 1. The Balaban J connectivity index is 1.55. The van der Waals surface area contributed by atoms with Gasteiger partial charge in [0.1, 0.15) is 0 Å². The van der Waals surface area contributed by atoms with Crippen molar-refractivity contribution in [3.05, 3.63) is 94.0 Å². The molecule has 0 aromatic heterocycles. The van der Waals surface area contributed by atoms with Crippen LogP contribution in [0.2, 0.25) is 0 Å². The van der Waals surface area contributed by atoms with E-state index in [9.17, 15) is 9.59 Å². The molecule has 5 heteroatoms. The van der Waals surface area contributed by atoms with Gasteiger partial charge < -0.3 is 5.32 Å². The third kappa shape index (κ3) is 5.55. The number of rotatable bonds is 6. The minimum atomic E-state index is -0.138. The van der Waals surface area contributed by atoms with E-state index in [2.05, 4.69) is 21.2 Å². The van der Waals surface area contributed by atoms with Crippen LogP contribution in [0.1, 0.15) is 26.3 Å². The Kier molecular flexibility index (Phi) is 6.48. The highest BCUT2D eigenvalue weighted by atomic mass is 79.9. The van der Waals surface area contributed by atoms with Crippen LogP contribution in [0.4, 0.5) is 5.69 Å². The molecule has 0 aliphatic heterocycles. The molecule has 0 aliphatic carbocycles. The summed E-state index contributed by atoms with van der Waals surface area (Å²) in [6.07, 6.45) is 0. The molecule has 0 aliphatic rings. The van der Waals surface area contributed by atoms with Crippen molar-refractivity contribution in [3.63, 3.8) is 0 Å². The molecule has 1 amide bonds. The Hall–Kier alpha value is -2.37. The lowest BCUT2D eigenvalue weighted by Crippen LogP contribution is -2.11. The zero-order valence-electron chi connectivity index (χ0n) is 14.7. The number of hydrogen-bond acceptors (Lipinski definition) is 3. The van der Waals surface area contributed by atoms with E-state index in [1.54, 1.807) is 0 Å². The van der Waals surface area contributed by atoms with Crippen LogP contribution in [0.25, 0.3) is 0 Å². The lowest BCUT2D eigenvalue weighted by molar-refractivity contribution is 0.101. The van der Waals surface area contributed by atoms with Crippen molar-refractivity contribution in [1.29, 1.82) is 0 Å². The highest BCUT2D eigenvalue weighted by molar-refractivity contribution is 9.10. The Bertz CT molecular complexity index is 936. The topological polar surface area (TPSA) is 46.2 Å². The fourth-order valence-electron chi connectivity index (χ4n) is 2.41. The first-order valence-corrected chi connectivity index (χ1v) is 10.2. The van der Waals surface area contributed by atoms with E-state index in [0.717, 1.165) is 20.6 Å². The first-order valence-electron chi connectivity index (χ1n) is 8.41. The van der Waals surface area contributed by atoms with Gasteiger partial charge in [-0.05, 0) is 55.5 Å². The largest absolute Gasteiger partial charge is 0.322 e. The van der Waals surface area contributed by atoms with Crippen molar-refractivity contribution < 1.29 is 9.59 Å². The van der Waals surface area contributed by atoms with E-state index in [1.165, 1.54) is 11.8 Å². The summed E-state index contributed by atoms with van der Waals surface area (Å²) in [6, 6.07) is 22.3. The van der Waals surface area contributed by atoms with Gasteiger partial charge in [0.25, 0.3) is 5.91 Å². The second-order valence-electron chi connectivity index (χ2n) is 6.06. The Morgan fingerprint density at radius 1 is 0.852 bits per heavy atom. The van der Waals surface area contributed by atoms with Crippen LogP contribution in [0.3, 0.4) is 0 Å². The van der Waals surface area contributed by atoms with Gasteiger partial charge in [0.05, 0.1) is 5.75 Å². The van der Waals surface area contributed by atoms with Crippen LogP contribution in [0.5, 0.6) is 0 Å². The summed E-state index contributed by atoms with van der Waals surface area (Å²) in [5.41, 5.74) is 3.17. The molecule has 0 atom stereocenters. The fraction of sp³-hybridized carbons (Fsp3) is 0.0909. The van der Waals surface area contributed by atoms with Crippen LogP contribution >= 0.6 is 27.7 Å². The predicted octanol–water partition coefficient (Wildman–Crippen LogP) is 5.98. The first kappa shape index (κ1) is 19.4. The van der Waals surface area contributed by atoms with Crippen LogP contribution < -0.4 is 5.32 Å². The standard InChI is InChI=1S/C22H18BrNO2S/c1-15-2-4-17(5-3-15)22(26)24-19-10-12-20(13-11-19)27-14-21(25)16-6-8-18(23)9-7-16/h2-13H,14H2,1H3,(H,24,26). The molecule has 0 saturated heterocycles. The number of benzene rings is 3. The van der Waals surface area contributed by atoms with Gasteiger partial charge in [-0.1, -0.05) is 45.8 Å². The molecule has 1 N–H and O–H groups in total. The summed E-state index contributed by atoms with van der Waals surface area (Å²) in [7, 11) is 0. The summed E-state index contributed by atoms with van der Waals surface area (Å²) in [4.78, 5) is 25.5. The zero-order valence-corrected chi connectivity index (χ0v) is 17.1. The molecule has 0 saturated carbocycles. The van der Waals surface area contributed by atoms with Crippen molar-refractivity contribution in [1.82, 2.24) is 0 Å². The maximum absolute atomic E-state index is 12.2. The Morgan fingerprint density at radius 2 is 1.44 bits per heavy atom. The molecule has 0 unspecified atom stereocenters.